The number of hydrogen-bond acceptors (Lipinski definition) is 1. The van der Waals surface area contributed by atoms with E-state index in [0.29, 0.717) is 0 Å². The van der Waals surface area contributed by atoms with Gasteiger partial charge in [-0.2, -0.15) is 0 Å². The summed E-state index contributed by atoms with van der Waals surface area (Å²) in [5.74, 6) is 0.729. The van der Waals surface area contributed by atoms with Gasteiger partial charge in [-0.15, -0.1) is 0 Å². The topological polar surface area (TPSA) is 17.0 Å². The molecule has 1 saturated heterocycles. The predicted molar refractivity (Wildman–Crippen MR) is 70.5 cm³/mol. The standard InChI is InChI=1S/C15H18N2/c1-3-11-4-2-8-17-10-14(12-6-7-16-9-12)13(5-1)15(11)17/h1,3,5,10,12,16H,2,4,6-9H2. The van der Waals surface area contributed by atoms with Crippen LogP contribution in [0.25, 0.3) is 10.9 Å². The molecule has 2 heteroatoms. The first-order chi connectivity index (χ1) is 8.43. The second kappa shape index (κ2) is 3.61. The van der Waals surface area contributed by atoms with Crippen molar-refractivity contribution in [2.24, 2.45) is 0 Å². The Kier molecular flexibility index (Phi) is 2.06. The van der Waals surface area contributed by atoms with E-state index in [2.05, 4.69) is 34.3 Å². The first kappa shape index (κ1) is 9.72. The molecule has 0 bridgehead atoms. The Morgan fingerprint density at radius 3 is 3.18 bits per heavy atom. The van der Waals surface area contributed by atoms with E-state index in [4.69, 9.17) is 0 Å². The summed E-state index contributed by atoms with van der Waals surface area (Å²) in [7, 11) is 0. The summed E-state index contributed by atoms with van der Waals surface area (Å²) in [6.07, 6.45) is 6.27. The van der Waals surface area contributed by atoms with Gasteiger partial charge in [0.05, 0.1) is 5.52 Å². The number of nitrogens with one attached hydrogen (secondary N) is 1. The van der Waals surface area contributed by atoms with Crippen LogP contribution in [0.15, 0.2) is 24.4 Å². The lowest BCUT2D eigenvalue weighted by atomic mass is 9.96. The third kappa shape index (κ3) is 1.37. The SMILES string of the molecule is c1cc2c3c(c1)c(C1CCNC1)cn3CCC2. The highest BCUT2D eigenvalue weighted by molar-refractivity contribution is 5.87. The summed E-state index contributed by atoms with van der Waals surface area (Å²) in [4.78, 5) is 0. The summed E-state index contributed by atoms with van der Waals surface area (Å²) in [5.41, 5.74) is 4.64. The Morgan fingerprint density at radius 1 is 1.29 bits per heavy atom. The lowest BCUT2D eigenvalue weighted by Gasteiger charge is -2.14. The zero-order chi connectivity index (χ0) is 11.2. The van der Waals surface area contributed by atoms with E-state index in [1.165, 1.54) is 43.3 Å². The van der Waals surface area contributed by atoms with Crippen molar-refractivity contribution in [3.8, 4) is 0 Å². The van der Waals surface area contributed by atoms with E-state index in [1.807, 2.05) is 0 Å². The number of para-hydroxylation sites is 1. The fourth-order valence-electron chi connectivity index (χ4n) is 3.53. The van der Waals surface area contributed by atoms with Crippen molar-refractivity contribution in [1.82, 2.24) is 9.88 Å². The lowest BCUT2D eigenvalue weighted by Crippen LogP contribution is -2.07. The molecule has 1 aromatic carbocycles. The van der Waals surface area contributed by atoms with Crippen molar-refractivity contribution in [2.75, 3.05) is 13.1 Å². The summed E-state index contributed by atoms with van der Waals surface area (Å²) >= 11 is 0. The van der Waals surface area contributed by atoms with Gasteiger partial charge in [-0.25, -0.2) is 0 Å². The maximum absolute atomic E-state index is 3.48. The van der Waals surface area contributed by atoms with Crippen molar-refractivity contribution >= 4 is 10.9 Å². The molecule has 3 heterocycles. The Bertz CT molecular complexity index is 562. The molecule has 1 aromatic heterocycles. The molecule has 1 unspecified atom stereocenters. The van der Waals surface area contributed by atoms with Crippen LogP contribution in [0, 0.1) is 0 Å². The second-order valence-corrected chi connectivity index (χ2v) is 5.38. The van der Waals surface area contributed by atoms with Gasteiger partial charge in [-0.3, -0.25) is 0 Å². The van der Waals surface area contributed by atoms with Crippen LogP contribution in [0.3, 0.4) is 0 Å². The molecule has 0 spiro atoms. The Morgan fingerprint density at radius 2 is 2.29 bits per heavy atom. The van der Waals surface area contributed by atoms with Gasteiger partial charge < -0.3 is 9.88 Å². The van der Waals surface area contributed by atoms with Crippen molar-refractivity contribution in [3.05, 3.63) is 35.5 Å². The summed E-state index contributed by atoms with van der Waals surface area (Å²) in [6.45, 7) is 3.54. The molecule has 2 aromatic rings. The van der Waals surface area contributed by atoms with E-state index < -0.39 is 0 Å². The molecule has 1 fully saturated rings. The molecular formula is C15H18N2. The molecule has 0 aliphatic carbocycles. The number of aryl methyl sites for hydroxylation is 2. The van der Waals surface area contributed by atoms with E-state index >= 15 is 0 Å². The van der Waals surface area contributed by atoms with Gasteiger partial charge in [0.2, 0.25) is 0 Å². The fourth-order valence-corrected chi connectivity index (χ4v) is 3.53. The quantitative estimate of drug-likeness (QED) is 0.791. The molecule has 4 rings (SSSR count). The Hall–Kier alpha value is -1.28. The number of aromatic nitrogens is 1. The third-order valence-electron chi connectivity index (χ3n) is 4.36. The van der Waals surface area contributed by atoms with Crippen molar-refractivity contribution in [2.45, 2.75) is 31.7 Å². The van der Waals surface area contributed by atoms with Gasteiger partial charge in [0.15, 0.2) is 0 Å². The predicted octanol–water partition coefficient (Wildman–Crippen LogP) is 2.66. The van der Waals surface area contributed by atoms with Crippen LogP contribution in [0.5, 0.6) is 0 Å². The Labute approximate surface area is 102 Å². The average Bonchev–Trinajstić information content (AvgIpc) is 2.98. The highest BCUT2D eigenvalue weighted by Gasteiger charge is 2.23. The number of benzene rings is 1. The van der Waals surface area contributed by atoms with Gasteiger partial charge in [0.1, 0.15) is 0 Å². The van der Waals surface area contributed by atoms with Gasteiger partial charge >= 0.3 is 0 Å². The molecule has 0 saturated carbocycles. The maximum Gasteiger partial charge on any atom is 0.0515 e. The summed E-state index contributed by atoms with van der Waals surface area (Å²) < 4.78 is 2.49. The van der Waals surface area contributed by atoms with Crippen molar-refractivity contribution in [3.63, 3.8) is 0 Å². The van der Waals surface area contributed by atoms with Gasteiger partial charge in [0.25, 0.3) is 0 Å². The molecule has 1 atom stereocenters. The molecule has 2 aliphatic heterocycles. The van der Waals surface area contributed by atoms with E-state index in [1.54, 1.807) is 11.1 Å². The van der Waals surface area contributed by atoms with Crippen molar-refractivity contribution < 1.29 is 0 Å². The molecule has 88 valence electrons. The molecule has 2 aliphatic rings. The van der Waals surface area contributed by atoms with Crippen LogP contribution < -0.4 is 5.32 Å². The van der Waals surface area contributed by atoms with E-state index in [9.17, 15) is 0 Å². The average molecular weight is 226 g/mol. The largest absolute Gasteiger partial charge is 0.347 e. The fraction of sp³-hybridized carbons (Fsp3) is 0.467. The molecule has 1 N–H and O–H groups in total. The lowest BCUT2D eigenvalue weighted by molar-refractivity contribution is 0.631. The number of hydrogen-bond donors (Lipinski definition) is 1. The van der Waals surface area contributed by atoms with Crippen LogP contribution in [0.4, 0.5) is 0 Å². The summed E-state index contributed by atoms with van der Waals surface area (Å²) in [5, 5.41) is 4.99. The zero-order valence-corrected chi connectivity index (χ0v) is 10.1. The van der Waals surface area contributed by atoms with Crippen LogP contribution >= 0.6 is 0 Å². The highest BCUT2D eigenvalue weighted by Crippen LogP contribution is 2.35. The summed E-state index contributed by atoms with van der Waals surface area (Å²) in [6, 6.07) is 6.85. The van der Waals surface area contributed by atoms with Crippen LogP contribution in [-0.4, -0.2) is 17.7 Å². The number of nitrogens with zero attached hydrogens (tertiary/aromatic N) is 1. The smallest absolute Gasteiger partial charge is 0.0515 e. The minimum atomic E-state index is 0.729. The van der Waals surface area contributed by atoms with Crippen molar-refractivity contribution in [1.29, 1.82) is 0 Å². The zero-order valence-electron chi connectivity index (χ0n) is 10.1. The third-order valence-corrected chi connectivity index (χ3v) is 4.36. The first-order valence-electron chi connectivity index (χ1n) is 6.75. The second-order valence-electron chi connectivity index (χ2n) is 5.38. The van der Waals surface area contributed by atoms with Gasteiger partial charge in [-0.1, -0.05) is 18.2 Å². The van der Waals surface area contributed by atoms with Gasteiger partial charge in [0, 0.05) is 24.7 Å². The van der Waals surface area contributed by atoms with E-state index in [0.717, 1.165) is 12.5 Å². The Balaban J connectivity index is 1.96. The first-order valence-corrected chi connectivity index (χ1v) is 6.75. The molecule has 2 nitrogen and oxygen atoms in total. The maximum atomic E-state index is 3.48. The highest BCUT2D eigenvalue weighted by atomic mass is 15.0. The minimum Gasteiger partial charge on any atom is -0.347 e. The van der Waals surface area contributed by atoms with E-state index in [-0.39, 0.29) is 0 Å². The molecular weight excluding hydrogens is 208 g/mol. The number of rotatable bonds is 1. The molecule has 0 amide bonds. The normalized spacial score (nSPS) is 23.4. The minimum absolute atomic E-state index is 0.729. The monoisotopic (exact) mass is 226 g/mol. The van der Waals surface area contributed by atoms with Crippen LogP contribution in [0.2, 0.25) is 0 Å². The molecule has 17 heavy (non-hydrogen) atoms. The van der Waals surface area contributed by atoms with Gasteiger partial charge in [-0.05, 0) is 42.9 Å². The van der Waals surface area contributed by atoms with Crippen LogP contribution in [-0.2, 0) is 13.0 Å². The van der Waals surface area contributed by atoms with Crippen LogP contribution in [0.1, 0.15) is 29.9 Å². The molecule has 0 radical (unpaired) electrons.